The molecule has 8 aromatic carbocycles. The third-order valence-electron chi connectivity index (χ3n) is 21.5. The first-order chi connectivity index (χ1) is 65.6. The number of rotatable bonds is 43. The molecule has 24 nitrogen and oxygen atoms in total. The zero-order valence-corrected chi connectivity index (χ0v) is 117. The van der Waals surface area contributed by atoms with Crippen molar-refractivity contribution < 1.29 is 98.8 Å². The van der Waals surface area contributed by atoms with Gasteiger partial charge in [-0.05, 0) is 254 Å². The summed E-state index contributed by atoms with van der Waals surface area (Å²) in [5.74, 6) is 0. The van der Waals surface area contributed by atoms with Crippen LogP contribution >= 0.6 is 0 Å². The maximum atomic E-state index is 8.78. The van der Waals surface area contributed by atoms with E-state index >= 15 is 0 Å². The van der Waals surface area contributed by atoms with E-state index in [1.807, 2.05) is 248 Å². The van der Waals surface area contributed by atoms with Gasteiger partial charge in [0.1, 0.15) is 0 Å². The lowest BCUT2D eigenvalue weighted by Crippen LogP contribution is -2.91. The van der Waals surface area contributed by atoms with Gasteiger partial charge in [0.15, 0.2) is 66.5 Å². The van der Waals surface area contributed by atoms with Gasteiger partial charge in [0, 0.05) is 41.5 Å². The molecule has 48 heteroatoms. The van der Waals surface area contributed by atoms with E-state index in [9.17, 15) is 0 Å². The lowest BCUT2D eigenvalue weighted by Gasteiger charge is -2.58. The minimum atomic E-state index is -5.23. The molecule has 4 bridgehead atoms. The Hall–Kier alpha value is -2.25. The summed E-state index contributed by atoms with van der Waals surface area (Å²) in [6, 6.07) is 81.9. The van der Waals surface area contributed by atoms with Crippen LogP contribution in [0, 0.1) is 0 Å². The molecule has 0 radical (unpaired) electrons. The third kappa shape index (κ3) is 37.2. The SMILES string of the molecule is C.C=C[Si](C)(C)O[Si](C)(C)O[Si](C)(C)CCC.CCC[Si](C)(C)O[Si](C)(C)O[Si](C)(C)O[Si](C)(C)O[Si](C)(C)O[Si](C)(C)O[Si](C)(C)O[Si](C)(C)O[Si](C)(C)CCC.C[Si](C)(C)O[Si]1(c2ccccc2)O[Si]2(c3ccccc3)O[Si](O[Si](C)(C)C)(c3ccccc3)O[Si](c3ccccc3)(O1)O[Si]1(c3ccccc3)O[Si](O[Si](C)(C)C)(c3ccccc3)O[Si](c3ccccc3)(O[Si](O[Si](C)(C)C)(c3ccccc3)O1)O2. The van der Waals surface area contributed by atoms with Gasteiger partial charge in [0.2, 0.25) is 0 Å². The van der Waals surface area contributed by atoms with E-state index in [-0.39, 0.29) is 7.43 Å². The molecule has 12 rings (SSSR count). The summed E-state index contributed by atoms with van der Waals surface area (Å²) in [7, 11) is -78.2. The van der Waals surface area contributed by atoms with Crippen LogP contribution in [-0.2, 0) is 98.8 Å². The first-order valence-electron chi connectivity index (χ1n) is 50.5. The second-order valence-corrected chi connectivity index (χ2v) is 135. The summed E-state index contributed by atoms with van der Waals surface area (Å²) < 4.78 is 184. The molecule has 0 amide bonds. The molecule has 0 unspecified atom stereocenters. The molecule has 4 saturated heterocycles. The molecule has 4 heterocycles. The van der Waals surface area contributed by atoms with Crippen molar-refractivity contribution in [3.63, 3.8) is 0 Å². The summed E-state index contributed by atoms with van der Waals surface area (Å²) in [4.78, 5) is 0. The zero-order chi connectivity index (χ0) is 107. The number of hydrogen-bond donors (Lipinski definition) is 0. The molecule has 0 atom stereocenters. The van der Waals surface area contributed by atoms with Gasteiger partial charge in [-0.15, -0.1) is 6.58 Å². The molecule has 4 aliphatic heterocycles. The number of fused-ring (bicyclic) bond motifs is 4. The van der Waals surface area contributed by atoms with Crippen LogP contribution in [0.25, 0.3) is 0 Å². The Balaban J connectivity index is 0.000000363. The molecule has 0 aromatic heterocycles. The molecule has 0 N–H and O–H groups in total. The van der Waals surface area contributed by atoms with E-state index in [0.717, 1.165) is 24.9 Å². The second kappa shape index (κ2) is 49.0. The Morgan fingerprint density at radius 2 is 0.340 bits per heavy atom. The maximum absolute atomic E-state index is 8.78. The van der Waals surface area contributed by atoms with Crippen molar-refractivity contribution >= 4 is 247 Å². The molecule has 4 aliphatic rings. The van der Waals surface area contributed by atoms with Crippen LogP contribution < -0.4 is 41.5 Å². The van der Waals surface area contributed by atoms with Crippen molar-refractivity contribution in [3.8, 4) is 0 Å². The Bertz CT molecular complexity index is 4750. The van der Waals surface area contributed by atoms with Crippen LogP contribution in [0.5, 0.6) is 0 Å². The monoisotopic (exact) mass is 2380 g/mol. The van der Waals surface area contributed by atoms with Gasteiger partial charge in [0.05, 0.1) is 0 Å². The highest BCUT2D eigenvalue weighted by Crippen LogP contribution is 2.46. The normalized spacial score (nSPS) is 23.4. The fourth-order valence-corrected chi connectivity index (χ4v) is 134. The van der Waals surface area contributed by atoms with Crippen molar-refractivity contribution in [1.29, 1.82) is 0 Å². The zero-order valence-electron chi connectivity index (χ0n) is 93.4. The fourth-order valence-electron chi connectivity index (χ4n) is 18.8. The van der Waals surface area contributed by atoms with Crippen molar-refractivity contribution in [1.82, 2.24) is 0 Å². The van der Waals surface area contributed by atoms with Gasteiger partial charge in [-0.3, -0.25) is 0 Å². The van der Waals surface area contributed by atoms with Crippen molar-refractivity contribution in [2.45, 2.75) is 301 Å². The topological polar surface area (TPSA) is 222 Å². The molecular formula is C96H176O24Si24. The quantitative estimate of drug-likeness (QED) is 0.0324. The Morgan fingerprint density at radius 3 is 0.479 bits per heavy atom. The van der Waals surface area contributed by atoms with Gasteiger partial charge < -0.3 is 98.8 Å². The van der Waals surface area contributed by atoms with Gasteiger partial charge in [0.25, 0.3) is 0 Å². The van der Waals surface area contributed by atoms with Crippen LogP contribution in [0.15, 0.2) is 255 Å². The van der Waals surface area contributed by atoms with Crippen molar-refractivity contribution in [2.75, 3.05) is 0 Å². The predicted octanol–water partition coefficient (Wildman–Crippen LogP) is 22.5. The molecule has 8 aromatic rings. The minimum absolute atomic E-state index is 0. The highest BCUT2D eigenvalue weighted by molar-refractivity contribution is 7.12. The van der Waals surface area contributed by atoms with E-state index in [1.54, 1.807) is 0 Å². The molecule has 4 fully saturated rings. The molecule has 0 saturated carbocycles. The van der Waals surface area contributed by atoms with Gasteiger partial charge in [-0.25, -0.2) is 0 Å². The lowest BCUT2D eigenvalue weighted by molar-refractivity contribution is 0.0482. The fraction of sp³-hybridized carbons (Fsp3) is 0.479. The second-order valence-electron chi connectivity index (χ2n) is 46.8. The van der Waals surface area contributed by atoms with Crippen molar-refractivity contribution in [3.05, 3.63) is 255 Å². The van der Waals surface area contributed by atoms with E-state index in [4.69, 9.17) is 98.8 Å². The summed E-state index contributed by atoms with van der Waals surface area (Å²) in [6.07, 6.45) is 3.47. The number of hydrogen-bond acceptors (Lipinski definition) is 24. The molecule has 0 spiro atoms. The van der Waals surface area contributed by atoms with E-state index in [1.165, 1.54) is 12.5 Å². The summed E-state index contributed by atoms with van der Waals surface area (Å²) in [6.45, 7) is 87.9. The minimum Gasteiger partial charge on any atom is -0.437 e. The van der Waals surface area contributed by atoms with E-state index in [2.05, 4.69) is 263 Å². The Morgan fingerprint density at radius 1 is 0.201 bits per heavy atom. The third-order valence-corrected chi connectivity index (χ3v) is 112. The highest BCUT2D eigenvalue weighted by atomic mass is 28.6. The summed E-state index contributed by atoms with van der Waals surface area (Å²) in [5, 5.41) is 4.46. The average Bonchev–Trinajstić information content (AvgIpc) is 0.682. The lowest BCUT2D eigenvalue weighted by atomic mass is 10.4. The van der Waals surface area contributed by atoms with E-state index in [0.29, 0.717) is 41.5 Å². The van der Waals surface area contributed by atoms with Gasteiger partial charge >= 0.3 is 139 Å². The molecule has 0 aliphatic carbocycles. The predicted molar refractivity (Wildman–Crippen MR) is 646 cm³/mol. The summed E-state index contributed by atoms with van der Waals surface area (Å²) >= 11 is 0. The summed E-state index contributed by atoms with van der Waals surface area (Å²) in [5.41, 5.74) is 1.99. The first kappa shape index (κ1) is 127. The van der Waals surface area contributed by atoms with Gasteiger partial charge in [-0.2, -0.15) is 0 Å². The Kier molecular flexibility index (Phi) is 43.2. The largest absolute Gasteiger partial charge is 0.515 e. The van der Waals surface area contributed by atoms with Gasteiger partial charge in [-0.1, -0.05) is 296 Å². The molecule has 800 valence electrons. The van der Waals surface area contributed by atoms with Crippen LogP contribution in [0.4, 0.5) is 0 Å². The van der Waals surface area contributed by atoms with Crippen LogP contribution in [0.2, 0.25) is 254 Å². The number of benzene rings is 8. The highest BCUT2D eigenvalue weighted by Gasteiger charge is 2.81. The first-order valence-corrected chi connectivity index (χ1v) is 113. The van der Waals surface area contributed by atoms with Crippen molar-refractivity contribution in [2.24, 2.45) is 0 Å². The smallest absolute Gasteiger partial charge is 0.437 e. The molecule has 144 heavy (non-hydrogen) atoms. The maximum Gasteiger partial charge on any atom is 0.515 e. The molecular weight excluding hydrogens is 2210 g/mol. The van der Waals surface area contributed by atoms with Crippen LogP contribution in [-0.4, -0.2) is 205 Å². The standard InChI is InChI=1S/C60H76O14Si12.C24H68O8Si9.C11H28O2Si3.CH4/c1-75(2,3)61-79(53-37-21-13-22-38-53)65-83(57-45-29-17-30-46-57)67-80(62-76(4,5)6,54-39-23-14-24-40-54)68-84(66-79,58-47-31-18-32-48-58)74-86(60-51-35-20-36-52-60)70-81(63-77(7,8)9,55-41-25-15-26-42-55)69-85(73-83,59-49-33-19-34-50-59)71-82(72-86,64-78(10,11)12)56-43-27-16-28-44-56;1-21-23-33(3,4)25-35(7,8)27-37(11,12)29-39(15,16)31-41(19,20)32-40(17,18)30-38(13,14)28-36(9,10)26-34(5,6)24-22-2;1-9-11-15(5,6)13-16(7,8)12-14(3,4)10-2;/h13-52H,1-12H3;21-24H2,1-20H3;10H,2,9,11H2,1,3-8H3;1H4. The van der Waals surface area contributed by atoms with Crippen LogP contribution in [0.1, 0.15) is 47.5 Å². The van der Waals surface area contributed by atoms with E-state index < -0.39 is 205 Å². The van der Waals surface area contributed by atoms with Crippen LogP contribution in [0.3, 0.4) is 0 Å². The Labute approximate surface area is 893 Å². The average molecular weight is 2390 g/mol.